The van der Waals surface area contributed by atoms with Gasteiger partial charge < -0.3 is 20.4 Å². The molecule has 160 valence electrons. The lowest BCUT2D eigenvalue weighted by molar-refractivity contribution is 0.242. The Morgan fingerprint density at radius 1 is 1.24 bits per heavy atom. The number of carbonyl (C=O) groups is 1. The molecule has 0 aliphatic carbocycles. The molecule has 5 N–H and O–H groups in total. The number of urea groups is 1. The topological polar surface area (TPSA) is 154 Å². The van der Waals surface area contributed by atoms with Gasteiger partial charge in [0.25, 0.3) is 5.56 Å². The van der Waals surface area contributed by atoms with E-state index in [1.165, 1.54) is 18.3 Å². The average molecular weight is 426 g/mol. The summed E-state index contributed by atoms with van der Waals surface area (Å²) < 4.78 is 11.9. The second-order valence-corrected chi connectivity index (χ2v) is 7.94. The van der Waals surface area contributed by atoms with E-state index < -0.39 is 25.0 Å². The van der Waals surface area contributed by atoms with Gasteiger partial charge in [-0.2, -0.15) is 0 Å². The second-order valence-electron chi connectivity index (χ2n) is 6.24. The Balaban J connectivity index is 2.58. The highest BCUT2D eigenvalue weighted by Gasteiger charge is 2.08. The quantitative estimate of drug-likeness (QED) is 0.159. The van der Waals surface area contributed by atoms with Crippen LogP contribution in [0.4, 0.5) is 4.79 Å². The molecule has 0 unspecified atom stereocenters. The first-order valence-corrected chi connectivity index (χ1v) is 11.1. The number of hydrogen-bond donors (Lipinski definition) is 5. The van der Waals surface area contributed by atoms with Crippen LogP contribution in [0.3, 0.4) is 0 Å². The van der Waals surface area contributed by atoms with E-state index in [-0.39, 0.29) is 24.7 Å². The fraction of sp³-hybridized carbons (Fsp3) is 0.500. The number of aromatic nitrogens is 2. The van der Waals surface area contributed by atoms with E-state index >= 15 is 0 Å². The van der Waals surface area contributed by atoms with E-state index in [2.05, 4.69) is 34.4 Å². The van der Waals surface area contributed by atoms with E-state index in [1.54, 1.807) is 0 Å². The van der Waals surface area contributed by atoms with Gasteiger partial charge >= 0.3 is 19.3 Å². The molecule has 0 spiro atoms. The molecule has 2 amide bonds. The summed E-state index contributed by atoms with van der Waals surface area (Å²) in [5.74, 6) is 5.23. The maximum atomic E-state index is 11.8. The van der Waals surface area contributed by atoms with Crippen molar-refractivity contribution in [1.82, 2.24) is 20.2 Å². The summed E-state index contributed by atoms with van der Waals surface area (Å²) >= 11 is 0. The molecule has 0 saturated carbocycles. The summed E-state index contributed by atoms with van der Waals surface area (Å²) in [6.45, 7) is 2.74. The van der Waals surface area contributed by atoms with Crippen LogP contribution in [0.2, 0.25) is 0 Å². The maximum Gasteiger partial charge on any atom is 0.329 e. The molecule has 0 aromatic carbocycles. The number of hydrogen-bond acceptors (Lipinski definition) is 4. The number of aromatic amines is 1. The van der Waals surface area contributed by atoms with Crippen LogP contribution in [0.1, 0.15) is 38.2 Å². The van der Waals surface area contributed by atoms with Crippen LogP contribution in [0.15, 0.2) is 27.9 Å². The number of rotatable bonds is 10. The fourth-order valence-corrected chi connectivity index (χ4v) is 2.64. The predicted molar refractivity (Wildman–Crippen MR) is 110 cm³/mol. The molecule has 0 saturated heterocycles. The van der Waals surface area contributed by atoms with Crippen molar-refractivity contribution in [3.8, 4) is 11.8 Å². The van der Waals surface area contributed by atoms with Crippen molar-refractivity contribution in [2.75, 3.05) is 19.3 Å². The molecule has 1 heterocycles. The van der Waals surface area contributed by atoms with Crippen LogP contribution >= 0.6 is 7.60 Å². The summed E-state index contributed by atoms with van der Waals surface area (Å²) in [5, 5.41) is 5.27. The van der Waals surface area contributed by atoms with Crippen LogP contribution in [0, 0.1) is 11.8 Å². The molecule has 0 aliphatic rings. The van der Waals surface area contributed by atoms with Gasteiger partial charge in [0.2, 0.25) is 0 Å². The Hall–Kier alpha value is -2.60. The highest BCUT2D eigenvalue weighted by molar-refractivity contribution is 7.51. The van der Waals surface area contributed by atoms with Crippen LogP contribution in [-0.2, 0) is 11.1 Å². The van der Waals surface area contributed by atoms with Crippen molar-refractivity contribution in [2.45, 2.75) is 39.2 Å². The number of amides is 2. The summed E-state index contributed by atoms with van der Waals surface area (Å²) in [5.41, 5.74) is -1.28. The molecule has 1 rings (SSSR count). The van der Waals surface area contributed by atoms with Gasteiger partial charge in [-0.3, -0.25) is 18.9 Å². The van der Waals surface area contributed by atoms with Gasteiger partial charge in [-0.1, -0.05) is 50.2 Å². The fourth-order valence-electron chi connectivity index (χ4n) is 2.21. The van der Waals surface area contributed by atoms with Gasteiger partial charge in [0.1, 0.15) is 5.56 Å². The van der Waals surface area contributed by atoms with Crippen LogP contribution in [-0.4, -0.2) is 44.6 Å². The monoisotopic (exact) mass is 426 g/mol. The highest BCUT2D eigenvalue weighted by atomic mass is 31.2. The van der Waals surface area contributed by atoms with Crippen LogP contribution in [0.5, 0.6) is 0 Å². The molecule has 0 atom stereocenters. The minimum Gasteiger partial charge on any atom is -0.338 e. The number of carbonyl (C=O) groups excluding carboxylic acids is 1. The number of unbranched alkanes of at least 4 members (excludes halogenated alkanes) is 3. The third kappa shape index (κ3) is 11.1. The molecule has 1 aromatic rings. The molecule has 0 bridgehead atoms. The van der Waals surface area contributed by atoms with E-state index in [1.807, 2.05) is 0 Å². The number of nitrogens with zero attached hydrogens (tertiary/aromatic N) is 1. The molecule has 29 heavy (non-hydrogen) atoms. The molecular weight excluding hydrogens is 399 g/mol. The lowest BCUT2D eigenvalue weighted by atomic mass is 10.2. The lowest BCUT2D eigenvalue weighted by Crippen LogP contribution is -2.36. The molecular formula is C18H27N4O6P. The van der Waals surface area contributed by atoms with E-state index in [9.17, 15) is 18.9 Å². The zero-order valence-corrected chi connectivity index (χ0v) is 17.2. The van der Waals surface area contributed by atoms with Crippen molar-refractivity contribution in [2.24, 2.45) is 0 Å². The van der Waals surface area contributed by atoms with Crippen molar-refractivity contribution in [3.63, 3.8) is 0 Å². The zero-order chi connectivity index (χ0) is 21.7. The van der Waals surface area contributed by atoms with Crippen molar-refractivity contribution < 1.29 is 19.1 Å². The van der Waals surface area contributed by atoms with E-state index in [0.717, 1.165) is 30.3 Å². The Kier molecular flexibility index (Phi) is 10.8. The maximum absolute atomic E-state index is 11.8. The van der Waals surface area contributed by atoms with Gasteiger partial charge in [0.15, 0.2) is 0 Å². The van der Waals surface area contributed by atoms with Gasteiger partial charge in [-0.05, 0) is 6.42 Å². The molecule has 0 radical (unpaired) electrons. The van der Waals surface area contributed by atoms with E-state index in [0.29, 0.717) is 6.54 Å². The Morgan fingerprint density at radius 3 is 2.69 bits per heavy atom. The second kappa shape index (κ2) is 12.8. The number of allylic oxidation sites excluding steroid dienone is 2. The first kappa shape index (κ1) is 24.4. The molecule has 0 aliphatic heterocycles. The van der Waals surface area contributed by atoms with Gasteiger partial charge in [-0.15, -0.1) is 0 Å². The standard InChI is InChI=1S/C18H27N4O6P/c1-2-3-4-5-10-19-17(24)20-11-8-9-15-14-22(18(25)21-16(15)23)12-6-7-13-29(26,27)28/h6-7,14H,2-5,10-13H2,1H3,(H2,19,20,24)(H,21,23,25)(H2,26,27,28). The summed E-state index contributed by atoms with van der Waals surface area (Å²) in [6.07, 6.45) is 7.70. The van der Waals surface area contributed by atoms with Gasteiger partial charge in [0, 0.05) is 19.3 Å². The summed E-state index contributed by atoms with van der Waals surface area (Å²) in [4.78, 5) is 54.9. The Bertz CT molecular complexity index is 919. The normalized spacial score (nSPS) is 11.1. The predicted octanol–water partition coefficient (Wildman–Crippen LogP) is 0.502. The van der Waals surface area contributed by atoms with Crippen LogP contribution < -0.4 is 21.9 Å². The third-order valence-corrected chi connectivity index (χ3v) is 4.39. The number of H-pyrrole nitrogens is 1. The average Bonchev–Trinajstić information content (AvgIpc) is 2.64. The Morgan fingerprint density at radius 2 is 2.00 bits per heavy atom. The first-order valence-electron chi connectivity index (χ1n) is 9.27. The minimum atomic E-state index is -4.15. The third-order valence-electron chi connectivity index (χ3n) is 3.70. The zero-order valence-electron chi connectivity index (χ0n) is 16.3. The van der Waals surface area contributed by atoms with Crippen molar-refractivity contribution in [1.29, 1.82) is 0 Å². The van der Waals surface area contributed by atoms with Crippen LogP contribution in [0.25, 0.3) is 0 Å². The SMILES string of the molecule is CCCCCCNC(=O)NCC#Cc1cn(CC=CCP(=O)(O)O)c(=O)[nH]c1=O. The number of nitrogens with one attached hydrogen (secondary N) is 3. The smallest absolute Gasteiger partial charge is 0.329 e. The lowest BCUT2D eigenvalue weighted by Gasteiger charge is -2.04. The molecule has 11 heteroatoms. The van der Waals surface area contributed by atoms with Crippen molar-refractivity contribution in [3.05, 3.63) is 44.8 Å². The summed E-state index contributed by atoms with van der Waals surface area (Å²) in [6, 6.07) is -0.343. The largest absolute Gasteiger partial charge is 0.338 e. The first-order chi connectivity index (χ1) is 13.7. The molecule has 10 nitrogen and oxygen atoms in total. The van der Waals surface area contributed by atoms with Gasteiger partial charge in [0.05, 0.1) is 12.7 Å². The minimum absolute atomic E-state index is 0.0168. The van der Waals surface area contributed by atoms with Gasteiger partial charge in [-0.25, -0.2) is 9.59 Å². The molecule has 1 aromatic heterocycles. The highest BCUT2D eigenvalue weighted by Crippen LogP contribution is 2.33. The van der Waals surface area contributed by atoms with Crippen molar-refractivity contribution >= 4 is 13.6 Å². The molecule has 0 fully saturated rings. The van der Waals surface area contributed by atoms with E-state index in [4.69, 9.17) is 9.79 Å². The Labute approximate surface area is 168 Å². The summed E-state index contributed by atoms with van der Waals surface area (Å²) in [7, 11) is -4.15.